The van der Waals surface area contributed by atoms with Gasteiger partial charge in [-0.3, -0.25) is 0 Å². The SMILES string of the molecule is CCC(C)SCc1noc([C@@H]2CNC[C@H]2C)n1. The predicted octanol–water partition coefficient (Wildman–Crippen LogP) is 2.42. The van der Waals surface area contributed by atoms with Crippen LogP contribution in [-0.2, 0) is 5.75 Å². The minimum Gasteiger partial charge on any atom is -0.339 e. The summed E-state index contributed by atoms with van der Waals surface area (Å²) in [5.41, 5.74) is 0. The van der Waals surface area contributed by atoms with Gasteiger partial charge in [0.05, 0.1) is 11.7 Å². The zero-order valence-corrected chi connectivity index (χ0v) is 11.6. The van der Waals surface area contributed by atoms with Gasteiger partial charge in [0, 0.05) is 11.8 Å². The average Bonchev–Trinajstić information content (AvgIpc) is 2.94. The fourth-order valence-electron chi connectivity index (χ4n) is 1.95. The second-order valence-corrected chi connectivity index (χ2v) is 6.25. The third-order valence-electron chi connectivity index (χ3n) is 3.39. The number of nitrogens with zero attached hydrogens (tertiary/aromatic N) is 2. The van der Waals surface area contributed by atoms with E-state index in [0.717, 1.165) is 30.6 Å². The monoisotopic (exact) mass is 255 g/mol. The van der Waals surface area contributed by atoms with Crippen LogP contribution in [0.2, 0.25) is 0 Å². The summed E-state index contributed by atoms with van der Waals surface area (Å²) in [5.74, 6) is 3.48. The lowest BCUT2D eigenvalue weighted by Crippen LogP contribution is -2.08. The molecular formula is C12H21N3OS. The molecule has 0 radical (unpaired) electrons. The lowest BCUT2D eigenvalue weighted by molar-refractivity contribution is 0.337. The summed E-state index contributed by atoms with van der Waals surface area (Å²) < 4.78 is 5.37. The van der Waals surface area contributed by atoms with Crippen LogP contribution in [0.5, 0.6) is 0 Å². The van der Waals surface area contributed by atoms with Gasteiger partial charge < -0.3 is 9.84 Å². The molecule has 2 rings (SSSR count). The molecular weight excluding hydrogens is 234 g/mol. The Bertz CT molecular complexity index is 355. The maximum atomic E-state index is 5.37. The van der Waals surface area contributed by atoms with Gasteiger partial charge in [-0.1, -0.05) is 25.9 Å². The second kappa shape index (κ2) is 5.87. The molecule has 1 aromatic rings. The van der Waals surface area contributed by atoms with Crippen LogP contribution in [0.15, 0.2) is 4.52 Å². The summed E-state index contributed by atoms with van der Waals surface area (Å²) in [6.07, 6.45) is 1.18. The number of hydrogen-bond acceptors (Lipinski definition) is 5. The van der Waals surface area contributed by atoms with E-state index in [0.29, 0.717) is 17.1 Å². The first-order valence-electron chi connectivity index (χ1n) is 6.35. The van der Waals surface area contributed by atoms with E-state index < -0.39 is 0 Å². The third-order valence-corrected chi connectivity index (χ3v) is 4.72. The lowest BCUT2D eigenvalue weighted by atomic mass is 9.98. The van der Waals surface area contributed by atoms with Crippen LogP contribution >= 0.6 is 11.8 Å². The van der Waals surface area contributed by atoms with Crippen LogP contribution in [-0.4, -0.2) is 28.5 Å². The number of thioether (sulfide) groups is 1. The predicted molar refractivity (Wildman–Crippen MR) is 70.1 cm³/mol. The van der Waals surface area contributed by atoms with Crippen molar-refractivity contribution in [2.24, 2.45) is 5.92 Å². The van der Waals surface area contributed by atoms with E-state index in [1.54, 1.807) is 0 Å². The molecule has 1 unspecified atom stereocenters. The average molecular weight is 255 g/mol. The molecule has 96 valence electrons. The Morgan fingerprint density at radius 1 is 1.53 bits per heavy atom. The molecule has 1 N–H and O–H groups in total. The van der Waals surface area contributed by atoms with Crippen molar-refractivity contribution in [2.75, 3.05) is 13.1 Å². The van der Waals surface area contributed by atoms with Gasteiger partial charge in [-0.05, 0) is 18.9 Å². The van der Waals surface area contributed by atoms with Gasteiger partial charge in [-0.25, -0.2) is 0 Å². The second-order valence-electron chi connectivity index (χ2n) is 4.82. The van der Waals surface area contributed by atoms with Crippen molar-refractivity contribution in [3.8, 4) is 0 Å². The van der Waals surface area contributed by atoms with E-state index in [9.17, 15) is 0 Å². The van der Waals surface area contributed by atoms with Gasteiger partial charge >= 0.3 is 0 Å². The highest BCUT2D eigenvalue weighted by Gasteiger charge is 2.29. The van der Waals surface area contributed by atoms with Gasteiger partial charge in [-0.15, -0.1) is 0 Å². The van der Waals surface area contributed by atoms with E-state index in [4.69, 9.17) is 4.52 Å². The van der Waals surface area contributed by atoms with Crippen LogP contribution in [0.25, 0.3) is 0 Å². The first kappa shape index (κ1) is 12.9. The van der Waals surface area contributed by atoms with E-state index in [1.165, 1.54) is 6.42 Å². The molecule has 3 atom stereocenters. The molecule has 0 amide bonds. The summed E-state index contributed by atoms with van der Waals surface area (Å²) in [6.45, 7) is 8.66. The molecule has 5 heteroatoms. The molecule has 0 aliphatic carbocycles. The first-order valence-corrected chi connectivity index (χ1v) is 7.40. The summed E-state index contributed by atoms with van der Waals surface area (Å²) in [4.78, 5) is 4.51. The zero-order valence-electron chi connectivity index (χ0n) is 10.8. The molecule has 1 saturated heterocycles. The van der Waals surface area contributed by atoms with E-state index in [1.807, 2.05) is 11.8 Å². The van der Waals surface area contributed by atoms with Crippen LogP contribution in [0.3, 0.4) is 0 Å². The van der Waals surface area contributed by atoms with Crippen LogP contribution < -0.4 is 5.32 Å². The fraction of sp³-hybridized carbons (Fsp3) is 0.833. The maximum Gasteiger partial charge on any atom is 0.231 e. The largest absolute Gasteiger partial charge is 0.339 e. The maximum absolute atomic E-state index is 5.37. The number of aromatic nitrogens is 2. The van der Waals surface area contributed by atoms with Crippen molar-refractivity contribution in [1.29, 1.82) is 0 Å². The molecule has 2 heterocycles. The van der Waals surface area contributed by atoms with Crippen molar-refractivity contribution in [2.45, 2.75) is 44.1 Å². The molecule has 0 saturated carbocycles. The minimum absolute atomic E-state index is 0.393. The Morgan fingerprint density at radius 2 is 2.35 bits per heavy atom. The topological polar surface area (TPSA) is 51.0 Å². The van der Waals surface area contributed by atoms with E-state index in [-0.39, 0.29) is 0 Å². The molecule has 4 nitrogen and oxygen atoms in total. The van der Waals surface area contributed by atoms with Crippen LogP contribution in [0, 0.1) is 5.92 Å². The molecule has 1 aliphatic rings. The molecule has 1 fully saturated rings. The Labute approximate surface area is 107 Å². The number of hydrogen-bond donors (Lipinski definition) is 1. The van der Waals surface area contributed by atoms with Crippen molar-refractivity contribution in [3.63, 3.8) is 0 Å². The lowest BCUT2D eigenvalue weighted by Gasteiger charge is -2.07. The quantitative estimate of drug-likeness (QED) is 0.875. The van der Waals surface area contributed by atoms with Crippen LogP contribution in [0.1, 0.15) is 44.8 Å². The highest BCUT2D eigenvalue weighted by atomic mass is 32.2. The van der Waals surface area contributed by atoms with Crippen molar-refractivity contribution in [1.82, 2.24) is 15.5 Å². The van der Waals surface area contributed by atoms with Crippen LogP contribution in [0.4, 0.5) is 0 Å². The van der Waals surface area contributed by atoms with Gasteiger partial charge in [-0.2, -0.15) is 16.7 Å². The highest BCUT2D eigenvalue weighted by Crippen LogP contribution is 2.27. The summed E-state index contributed by atoms with van der Waals surface area (Å²) in [7, 11) is 0. The van der Waals surface area contributed by atoms with Gasteiger partial charge in [0.2, 0.25) is 5.89 Å². The molecule has 17 heavy (non-hydrogen) atoms. The minimum atomic E-state index is 0.393. The Morgan fingerprint density at radius 3 is 3.00 bits per heavy atom. The summed E-state index contributed by atoms with van der Waals surface area (Å²) in [5, 5.41) is 8.08. The summed E-state index contributed by atoms with van der Waals surface area (Å²) >= 11 is 1.89. The zero-order chi connectivity index (χ0) is 12.3. The highest BCUT2D eigenvalue weighted by molar-refractivity contribution is 7.99. The Hall–Kier alpha value is -0.550. The molecule has 0 aromatic carbocycles. The van der Waals surface area contributed by atoms with E-state index >= 15 is 0 Å². The van der Waals surface area contributed by atoms with Crippen molar-refractivity contribution in [3.05, 3.63) is 11.7 Å². The summed E-state index contributed by atoms with van der Waals surface area (Å²) in [6, 6.07) is 0. The molecule has 0 bridgehead atoms. The first-order chi connectivity index (χ1) is 8.20. The Kier molecular flexibility index (Phi) is 4.45. The van der Waals surface area contributed by atoms with Gasteiger partial charge in [0.15, 0.2) is 5.82 Å². The standard InChI is InChI=1S/C12H21N3OS/c1-4-9(3)17-7-11-14-12(16-15-11)10-6-13-5-8(10)2/h8-10,13H,4-7H2,1-3H3/t8-,9?,10-/m1/s1. The number of nitrogens with one attached hydrogen (secondary N) is 1. The Balaban J connectivity index is 1.91. The molecule has 1 aromatic heterocycles. The van der Waals surface area contributed by atoms with Gasteiger partial charge in [0.25, 0.3) is 0 Å². The number of rotatable bonds is 5. The molecule has 0 spiro atoms. The van der Waals surface area contributed by atoms with Crippen molar-refractivity contribution < 1.29 is 4.52 Å². The van der Waals surface area contributed by atoms with Gasteiger partial charge in [0.1, 0.15) is 0 Å². The van der Waals surface area contributed by atoms with Crippen molar-refractivity contribution >= 4 is 11.8 Å². The molecule has 1 aliphatic heterocycles. The third kappa shape index (κ3) is 3.22. The normalized spacial score (nSPS) is 26.3. The van der Waals surface area contributed by atoms with E-state index in [2.05, 4.69) is 36.2 Å². The fourth-order valence-corrected chi connectivity index (χ4v) is 2.74. The smallest absolute Gasteiger partial charge is 0.231 e.